The molecule has 1 aliphatic carbocycles. The van der Waals surface area contributed by atoms with Crippen LogP contribution in [0.2, 0.25) is 5.02 Å². The van der Waals surface area contributed by atoms with Crippen molar-refractivity contribution in [2.24, 2.45) is 5.92 Å². The summed E-state index contributed by atoms with van der Waals surface area (Å²) in [6.45, 7) is 1.17. The van der Waals surface area contributed by atoms with E-state index in [4.69, 9.17) is 11.6 Å². The minimum atomic E-state index is -0.179. The molecule has 2 N–H and O–H groups in total. The van der Waals surface area contributed by atoms with Gasteiger partial charge in [-0.2, -0.15) is 5.10 Å². The number of carbonyl (C=O) groups excluding carboxylic acids is 1. The number of hydrogen-bond acceptors (Lipinski definition) is 4. The maximum absolute atomic E-state index is 12.4. The van der Waals surface area contributed by atoms with Gasteiger partial charge in [0.05, 0.1) is 11.2 Å². The van der Waals surface area contributed by atoms with Crippen LogP contribution in [0.1, 0.15) is 25.7 Å². The van der Waals surface area contributed by atoms with Crippen molar-refractivity contribution < 1.29 is 4.79 Å². The topological polar surface area (TPSA) is 76.0 Å². The Bertz CT molecular complexity index is 572. The van der Waals surface area contributed by atoms with Crippen molar-refractivity contribution in [1.29, 1.82) is 0 Å². The number of nitrogens with one attached hydrogen (secondary N) is 2. The van der Waals surface area contributed by atoms with Gasteiger partial charge in [-0.1, -0.05) is 11.6 Å². The Hall–Kier alpha value is -1.56. The van der Waals surface area contributed by atoms with Gasteiger partial charge in [-0.15, -0.1) is 0 Å². The van der Waals surface area contributed by atoms with E-state index in [1.165, 1.54) is 10.9 Å². The highest BCUT2D eigenvalue weighted by molar-refractivity contribution is 6.33. The second-order valence-electron chi connectivity index (χ2n) is 5.48. The minimum absolute atomic E-state index is 0.0367. The number of carbonyl (C=O) groups is 1. The molecule has 0 bridgehead atoms. The van der Waals surface area contributed by atoms with Crippen molar-refractivity contribution in [3.8, 4) is 0 Å². The largest absolute Gasteiger partial charge is 0.375 e. The molecule has 0 aromatic carbocycles. The van der Waals surface area contributed by atoms with Crippen molar-refractivity contribution in [2.45, 2.75) is 38.3 Å². The maximum Gasteiger partial charge on any atom is 0.291 e. The second kappa shape index (κ2) is 5.44. The van der Waals surface area contributed by atoms with Crippen molar-refractivity contribution in [3.63, 3.8) is 0 Å². The number of nitrogens with zero attached hydrogens (tertiary/aromatic N) is 2. The van der Waals surface area contributed by atoms with E-state index in [-0.39, 0.29) is 17.5 Å². The van der Waals surface area contributed by atoms with E-state index >= 15 is 0 Å². The number of hydrogen-bond donors (Lipinski definition) is 2. The molecule has 2 fully saturated rings. The number of aromatic nitrogens is 2. The first-order valence-electron chi connectivity index (χ1n) is 6.92. The first-order valence-corrected chi connectivity index (χ1v) is 7.30. The normalized spacial score (nSPS) is 22.4. The molecule has 108 valence electrons. The van der Waals surface area contributed by atoms with Gasteiger partial charge in [0, 0.05) is 25.6 Å². The first kappa shape index (κ1) is 13.4. The molecular weight excluding hydrogens is 280 g/mol. The van der Waals surface area contributed by atoms with E-state index in [0.29, 0.717) is 42.6 Å². The van der Waals surface area contributed by atoms with E-state index in [1.54, 1.807) is 0 Å². The van der Waals surface area contributed by atoms with Gasteiger partial charge in [0.1, 0.15) is 5.69 Å². The third kappa shape index (κ3) is 2.95. The molecule has 1 saturated heterocycles. The SMILES string of the molecule is O=C1CCC(Nc2c(Cl)cnn(CC3CC3)c2=O)CN1. The van der Waals surface area contributed by atoms with Gasteiger partial charge < -0.3 is 10.6 Å². The lowest BCUT2D eigenvalue weighted by atomic mass is 10.1. The van der Waals surface area contributed by atoms with Gasteiger partial charge >= 0.3 is 0 Å². The summed E-state index contributed by atoms with van der Waals surface area (Å²) in [5.74, 6) is 0.623. The standard InChI is InChI=1S/C13H17ClN4O2/c14-10-6-16-18(7-8-1-2-8)13(20)12(10)17-9-3-4-11(19)15-5-9/h6,8-9,17H,1-5,7H2,(H,15,19). The predicted octanol–water partition coefficient (Wildman–Crippen LogP) is 0.997. The van der Waals surface area contributed by atoms with Gasteiger partial charge in [0.2, 0.25) is 5.91 Å². The molecule has 0 radical (unpaired) electrons. The highest BCUT2D eigenvalue weighted by Gasteiger charge is 2.25. The van der Waals surface area contributed by atoms with Crippen LogP contribution in [0.5, 0.6) is 0 Å². The molecule has 7 heteroatoms. The quantitative estimate of drug-likeness (QED) is 0.869. The number of halogens is 1. The molecule has 6 nitrogen and oxygen atoms in total. The first-order chi connectivity index (χ1) is 9.63. The summed E-state index contributed by atoms with van der Waals surface area (Å²) in [4.78, 5) is 23.5. The van der Waals surface area contributed by atoms with Crippen LogP contribution in [-0.2, 0) is 11.3 Å². The Morgan fingerprint density at radius 2 is 2.20 bits per heavy atom. The van der Waals surface area contributed by atoms with Gasteiger partial charge in [0.25, 0.3) is 5.56 Å². The fourth-order valence-electron chi connectivity index (χ4n) is 2.33. The Morgan fingerprint density at radius 1 is 1.40 bits per heavy atom. The maximum atomic E-state index is 12.4. The number of rotatable bonds is 4. The van der Waals surface area contributed by atoms with Crippen LogP contribution >= 0.6 is 11.6 Å². The fraction of sp³-hybridized carbons (Fsp3) is 0.615. The van der Waals surface area contributed by atoms with Crippen LogP contribution in [0.3, 0.4) is 0 Å². The van der Waals surface area contributed by atoms with Gasteiger partial charge in [-0.05, 0) is 25.2 Å². The Morgan fingerprint density at radius 3 is 2.85 bits per heavy atom. The van der Waals surface area contributed by atoms with Gasteiger partial charge in [0.15, 0.2) is 0 Å². The number of piperidine rings is 1. The summed E-state index contributed by atoms with van der Waals surface area (Å²) < 4.78 is 1.48. The fourth-order valence-corrected chi connectivity index (χ4v) is 2.51. The highest BCUT2D eigenvalue weighted by Crippen LogP contribution is 2.30. The molecule has 2 heterocycles. The zero-order valence-corrected chi connectivity index (χ0v) is 11.8. The molecule has 1 amide bonds. The smallest absolute Gasteiger partial charge is 0.291 e. The van der Waals surface area contributed by atoms with E-state index in [0.717, 1.165) is 12.8 Å². The highest BCUT2D eigenvalue weighted by atomic mass is 35.5. The summed E-state index contributed by atoms with van der Waals surface area (Å²) in [6.07, 6.45) is 5.00. The Balaban J connectivity index is 1.77. The van der Waals surface area contributed by atoms with Crippen molar-refractivity contribution in [3.05, 3.63) is 21.6 Å². The number of anilines is 1. The molecule has 1 unspecified atom stereocenters. The Labute approximate surface area is 121 Å². The van der Waals surface area contributed by atoms with Crippen LogP contribution in [0, 0.1) is 5.92 Å². The third-order valence-electron chi connectivity index (χ3n) is 3.74. The molecule has 20 heavy (non-hydrogen) atoms. The summed E-state index contributed by atoms with van der Waals surface area (Å²) in [5, 5.41) is 10.3. The Kier molecular flexibility index (Phi) is 3.65. The predicted molar refractivity (Wildman–Crippen MR) is 75.9 cm³/mol. The van der Waals surface area contributed by atoms with Gasteiger partial charge in [-0.25, -0.2) is 4.68 Å². The summed E-state index contributed by atoms with van der Waals surface area (Å²) in [5.41, 5.74) is 0.213. The molecule has 3 rings (SSSR count). The van der Waals surface area contributed by atoms with Crippen LogP contribution in [0.4, 0.5) is 5.69 Å². The summed E-state index contributed by atoms with van der Waals surface area (Å²) >= 11 is 6.08. The van der Waals surface area contributed by atoms with E-state index in [2.05, 4.69) is 15.7 Å². The average Bonchev–Trinajstić information content (AvgIpc) is 3.24. The lowest BCUT2D eigenvalue weighted by Gasteiger charge is -2.24. The van der Waals surface area contributed by atoms with E-state index < -0.39 is 0 Å². The zero-order chi connectivity index (χ0) is 14.1. The third-order valence-corrected chi connectivity index (χ3v) is 4.03. The van der Waals surface area contributed by atoms with Gasteiger partial charge in [-0.3, -0.25) is 9.59 Å². The zero-order valence-electron chi connectivity index (χ0n) is 11.1. The van der Waals surface area contributed by atoms with Crippen molar-refractivity contribution in [2.75, 3.05) is 11.9 Å². The van der Waals surface area contributed by atoms with Crippen molar-refractivity contribution in [1.82, 2.24) is 15.1 Å². The number of amides is 1. The molecular formula is C13H17ClN4O2. The molecule has 2 aliphatic rings. The van der Waals surface area contributed by atoms with Crippen LogP contribution in [-0.4, -0.2) is 28.3 Å². The second-order valence-corrected chi connectivity index (χ2v) is 5.89. The lowest BCUT2D eigenvalue weighted by molar-refractivity contribution is -0.122. The lowest BCUT2D eigenvalue weighted by Crippen LogP contribution is -2.43. The minimum Gasteiger partial charge on any atom is -0.375 e. The monoisotopic (exact) mass is 296 g/mol. The average molecular weight is 297 g/mol. The molecule has 0 spiro atoms. The molecule has 1 aromatic heterocycles. The molecule has 1 aromatic rings. The molecule has 1 aliphatic heterocycles. The van der Waals surface area contributed by atoms with Crippen molar-refractivity contribution >= 4 is 23.2 Å². The molecule has 1 saturated carbocycles. The van der Waals surface area contributed by atoms with Crippen LogP contribution < -0.4 is 16.2 Å². The van der Waals surface area contributed by atoms with Crippen LogP contribution in [0.15, 0.2) is 11.0 Å². The van der Waals surface area contributed by atoms with E-state index in [9.17, 15) is 9.59 Å². The summed E-state index contributed by atoms with van der Waals surface area (Å²) in [7, 11) is 0. The molecule has 1 atom stereocenters. The summed E-state index contributed by atoms with van der Waals surface area (Å²) in [6, 6.07) is 0.0367. The van der Waals surface area contributed by atoms with E-state index in [1.807, 2.05) is 0 Å². The van der Waals surface area contributed by atoms with Crippen LogP contribution in [0.25, 0.3) is 0 Å².